The van der Waals surface area contributed by atoms with E-state index in [-0.39, 0.29) is 11.3 Å². The van der Waals surface area contributed by atoms with Crippen LogP contribution >= 0.6 is 0 Å². The van der Waals surface area contributed by atoms with Crippen LogP contribution in [0.2, 0.25) is 0 Å². The van der Waals surface area contributed by atoms with E-state index in [2.05, 4.69) is 26.1 Å². The number of hydrogen-bond acceptors (Lipinski definition) is 3. The molecule has 0 atom stereocenters. The minimum Gasteiger partial charge on any atom is -0.379 e. The SMILES string of the molecule is CCC(C)(CC)Nc1ccccc1S(=O)(=O)CC. The predicted octanol–water partition coefficient (Wildman–Crippen LogP) is 3.47. The molecule has 4 heteroatoms. The first kappa shape index (κ1) is 15.0. The van der Waals surface area contributed by atoms with Gasteiger partial charge >= 0.3 is 0 Å². The zero-order valence-electron chi connectivity index (χ0n) is 11.7. The summed E-state index contributed by atoms with van der Waals surface area (Å²) in [5.41, 5.74) is 0.643. The minimum atomic E-state index is -3.18. The highest BCUT2D eigenvalue weighted by molar-refractivity contribution is 7.91. The number of hydrogen-bond donors (Lipinski definition) is 1. The van der Waals surface area contributed by atoms with Gasteiger partial charge < -0.3 is 5.32 Å². The summed E-state index contributed by atoms with van der Waals surface area (Å²) in [6, 6.07) is 7.14. The van der Waals surface area contributed by atoms with Crippen molar-refractivity contribution < 1.29 is 8.42 Å². The van der Waals surface area contributed by atoms with Gasteiger partial charge in [0.2, 0.25) is 0 Å². The Morgan fingerprint density at radius 2 is 1.67 bits per heavy atom. The molecule has 1 aromatic rings. The van der Waals surface area contributed by atoms with Crippen LogP contribution in [-0.4, -0.2) is 19.7 Å². The van der Waals surface area contributed by atoms with Gasteiger partial charge in [-0.05, 0) is 31.9 Å². The number of para-hydroxylation sites is 1. The lowest BCUT2D eigenvalue weighted by atomic mass is 9.95. The third-order valence-corrected chi connectivity index (χ3v) is 5.39. The fourth-order valence-corrected chi connectivity index (χ4v) is 2.80. The van der Waals surface area contributed by atoms with Crippen molar-refractivity contribution in [2.75, 3.05) is 11.1 Å². The zero-order valence-corrected chi connectivity index (χ0v) is 12.5. The summed E-state index contributed by atoms with van der Waals surface area (Å²) >= 11 is 0. The first-order valence-corrected chi connectivity index (χ1v) is 8.13. The largest absolute Gasteiger partial charge is 0.379 e. The maximum absolute atomic E-state index is 12.0. The molecule has 0 aliphatic carbocycles. The predicted molar refractivity (Wildman–Crippen MR) is 76.8 cm³/mol. The van der Waals surface area contributed by atoms with Crippen molar-refractivity contribution in [3.8, 4) is 0 Å². The van der Waals surface area contributed by atoms with Gasteiger partial charge in [-0.1, -0.05) is 32.9 Å². The lowest BCUT2D eigenvalue weighted by molar-refractivity contribution is 0.477. The number of anilines is 1. The van der Waals surface area contributed by atoms with E-state index in [0.717, 1.165) is 12.8 Å². The molecule has 3 nitrogen and oxygen atoms in total. The van der Waals surface area contributed by atoms with E-state index >= 15 is 0 Å². The molecule has 1 N–H and O–H groups in total. The number of nitrogens with one attached hydrogen (secondary N) is 1. The van der Waals surface area contributed by atoms with Gasteiger partial charge in [-0.25, -0.2) is 8.42 Å². The summed E-state index contributed by atoms with van der Waals surface area (Å²) < 4.78 is 24.1. The lowest BCUT2D eigenvalue weighted by Gasteiger charge is -2.30. The average Bonchev–Trinajstić information content (AvgIpc) is 2.39. The van der Waals surface area contributed by atoms with Crippen molar-refractivity contribution in [2.24, 2.45) is 0 Å². The molecule has 0 radical (unpaired) electrons. The van der Waals surface area contributed by atoms with Crippen LogP contribution in [-0.2, 0) is 9.84 Å². The molecule has 0 aromatic heterocycles. The lowest BCUT2D eigenvalue weighted by Crippen LogP contribution is -2.33. The second-order valence-electron chi connectivity index (χ2n) is 4.79. The Labute approximate surface area is 111 Å². The summed E-state index contributed by atoms with van der Waals surface area (Å²) in [6.07, 6.45) is 1.90. The summed E-state index contributed by atoms with van der Waals surface area (Å²) in [7, 11) is -3.18. The van der Waals surface area contributed by atoms with Gasteiger partial charge in [-0.2, -0.15) is 0 Å². The van der Waals surface area contributed by atoms with Crippen molar-refractivity contribution in [1.29, 1.82) is 0 Å². The summed E-state index contributed by atoms with van der Waals surface area (Å²) in [6.45, 7) is 7.99. The van der Waals surface area contributed by atoms with E-state index in [0.29, 0.717) is 10.6 Å². The molecule has 18 heavy (non-hydrogen) atoms. The fourth-order valence-electron chi connectivity index (χ4n) is 1.75. The normalized spacial score (nSPS) is 12.4. The van der Waals surface area contributed by atoms with Gasteiger partial charge in [0, 0.05) is 5.54 Å². The quantitative estimate of drug-likeness (QED) is 0.860. The van der Waals surface area contributed by atoms with Gasteiger partial charge in [-0.15, -0.1) is 0 Å². The monoisotopic (exact) mass is 269 g/mol. The standard InChI is InChI=1S/C14H23NO2S/c1-5-14(4,6-2)15-12-10-8-9-11-13(12)18(16,17)7-3/h8-11,15H,5-7H2,1-4H3. The van der Waals surface area contributed by atoms with Gasteiger partial charge in [0.05, 0.1) is 16.3 Å². The van der Waals surface area contributed by atoms with E-state index in [1.54, 1.807) is 19.1 Å². The molecule has 1 aromatic carbocycles. The highest BCUT2D eigenvalue weighted by Crippen LogP contribution is 2.27. The van der Waals surface area contributed by atoms with Crippen LogP contribution in [0.15, 0.2) is 29.2 Å². The van der Waals surface area contributed by atoms with Gasteiger partial charge in [0.25, 0.3) is 0 Å². The van der Waals surface area contributed by atoms with Crippen LogP contribution in [0.3, 0.4) is 0 Å². The topological polar surface area (TPSA) is 46.2 Å². The second kappa shape index (κ2) is 5.74. The van der Waals surface area contributed by atoms with Crippen LogP contribution < -0.4 is 5.32 Å². The van der Waals surface area contributed by atoms with E-state index in [1.807, 2.05) is 12.1 Å². The Morgan fingerprint density at radius 1 is 1.11 bits per heavy atom. The maximum Gasteiger partial charge on any atom is 0.180 e. The Kier molecular flexibility index (Phi) is 4.79. The Morgan fingerprint density at radius 3 is 2.17 bits per heavy atom. The smallest absolute Gasteiger partial charge is 0.180 e. The summed E-state index contributed by atoms with van der Waals surface area (Å²) in [4.78, 5) is 0.403. The molecule has 0 unspecified atom stereocenters. The molecule has 0 fully saturated rings. The second-order valence-corrected chi connectivity index (χ2v) is 7.04. The number of rotatable bonds is 6. The molecular formula is C14H23NO2S. The van der Waals surface area contributed by atoms with Gasteiger partial charge in [0.1, 0.15) is 0 Å². The van der Waals surface area contributed by atoms with Crippen molar-refractivity contribution in [3.63, 3.8) is 0 Å². The fraction of sp³-hybridized carbons (Fsp3) is 0.571. The zero-order chi connectivity index (χ0) is 13.8. The van der Waals surface area contributed by atoms with Gasteiger partial charge in [-0.3, -0.25) is 0 Å². The van der Waals surface area contributed by atoms with Gasteiger partial charge in [0.15, 0.2) is 9.84 Å². The molecular weight excluding hydrogens is 246 g/mol. The van der Waals surface area contributed by atoms with E-state index < -0.39 is 9.84 Å². The van der Waals surface area contributed by atoms with Crippen molar-refractivity contribution in [3.05, 3.63) is 24.3 Å². The van der Waals surface area contributed by atoms with Crippen molar-refractivity contribution in [1.82, 2.24) is 0 Å². The average molecular weight is 269 g/mol. The highest BCUT2D eigenvalue weighted by atomic mass is 32.2. The molecule has 0 saturated carbocycles. The Bertz CT molecular complexity index is 490. The third-order valence-electron chi connectivity index (χ3n) is 3.60. The number of sulfone groups is 1. The Balaban J connectivity index is 3.19. The van der Waals surface area contributed by atoms with Crippen LogP contribution in [0.4, 0.5) is 5.69 Å². The number of benzene rings is 1. The van der Waals surface area contributed by atoms with Crippen LogP contribution in [0, 0.1) is 0 Å². The molecule has 102 valence electrons. The molecule has 0 aliphatic heterocycles. The van der Waals surface area contributed by atoms with Crippen molar-refractivity contribution >= 4 is 15.5 Å². The van der Waals surface area contributed by atoms with E-state index in [4.69, 9.17) is 0 Å². The minimum absolute atomic E-state index is 0.0701. The first-order chi connectivity index (χ1) is 8.38. The molecule has 0 spiro atoms. The van der Waals surface area contributed by atoms with Crippen LogP contribution in [0.25, 0.3) is 0 Å². The summed E-state index contributed by atoms with van der Waals surface area (Å²) in [5.74, 6) is 0.126. The molecule has 0 heterocycles. The molecule has 0 saturated heterocycles. The maximum atomic E-state index is 12.0. The molecule has 1 rings (SSSR count). The molecule has 0 aliphatic rings. The van der Waals surface area contributed by atoms with Crippen LogP contribution in [0.1, 0.15) is 40.5 Å². The van der Waals surface area contributed by atoms with Crippen molar-refractivity contribution in [2.45, 2.75) is 51.0 Å². The highest BCUT2D eigenvalue weighted by Gasteiger charge is 2.23. The third kappa shape index (κ3) is 3.25. The summed E-state index contributed by atoms with van der Waals surface area (Å²) in [5, 5.41) is 3.38. The van der Waals surface area contributed by atoms with E-state index in [9.17, 15) is 8.42 Å². The Hall–Kier alpha value is -1.03. The van der Waals surface area contributed by atoms with Crippen LogP contribution in [0.5, 0.6) is 0 Å². The molecule has 0 amide bonds. The molecule has 0 bridgehead atoms. The van der Waals surface area contributed by atoms with E-state index in [1.165, 1.54) is 0 Å². The first-order valence-electron chi connectivity index (χ1n) is 6.48.